The molecule has 0 aromatic rings. The Labute approximate surface area is 284 Å². The molecule has 0 spiro atoms. The number of carboxylic acid groups (broad SMARTS) is 1. The highest BCUT2D eigenvalue weighted by molar-refractivity contribution is 5.83. The summed E-state index contributed by atoms with van der Waals surface area (Å²) in [5, 5.41) is 11.9. The first kappa shape index (κ1) is 44.4. The molecule has 4 N–H and O–H groups in total. The van der Waals surface area contributed by atoms with Crippen LogP contribution in [0.5, 0.6) is 0 Å². The van der Waals surface area contributed by atoms with Crippen LogP contribution in [0.1, 0.15) is 213 Å². The van der Waals surface area contributed by atoms with Gasteiger partial charge in [0.05, 0.1) is 0 Å². The molecule has 1 amide bonds. The molecule has 0 rings (SSSR count). The quantitative estimate of drug-likeness (QED) is 0.0458. The number of ether oxygens (including phenoxy) is 1. The lowest BCUT2D eigenvalue weighted by Crippen LogP contribution is -2.40. The molecule has 0 aromatic carbocycles. The van der Waals surface area contributed by atoms with Crippen molar-refractivity contribution in [3.05, 3.63) is 0 Å². The van der Waals surface area contributed by atoms with Gasteiger partial charge in [0.1, 0.15) is 12.1 Å². The van der Waals surface area contributed by atoms with Crippen LogP contribution in [0, 0.1) is 0 Å². The molecular weight excluding hydrogens is 576 g/mol. The summed E-state index contributed by atoms with van der Waals surface area (Å²) in [6.07, 6.45) is 34.3. The lowest BCUT2D eigenvalue weighted by Gasteiger charge is -2.18. The van der Waals surface area contributed by atoms with Crippen molar-refractivity contribution in [2.24, 2.45) is 5.73 Å². The lowest BCUT2D eigenvalue weighted by molar-refractivity contribution is -0.150. The van der Waals surface area contributed by atoms with Crippen LogP contribution in [0.25, 0.3) is 0 Å². The Bertz CT molecular complexity index is 702. The largest absolute Gasteiger partial charge is 0.480 e. The molecule has 0 aliphatic heterocycles. The Hall–Kier alpha value is -1.63. The zero-order chi connectivity index (χ0) is 33.9. The van der Waals surface area contributed by atoms with Gasteiger partial charge >= 0.3 is 11.9 Å². The minimum absolute atomic E-state index is 0.0202. The Kier molecular flexibility index (Phi) is 33.5. The number of rotatable bonds is 36. The van der Waals surface area contributed by atoms with E-state index in [0.29, 0.717) is 32.2 Å². The highest BCUT2D eigenvalue weighted by Crippen LogP contribution is 2.19. The van der Waals surface area contributed by atoms with Crippen LogP contribution in [0.3, 0.4) is 0 Å². The first-order valence-corrected chi connectivity index (χ1v) is 19.9. The third-order valence-corrected chi connectivity index (χ3v) is 9.17. The summed E-state index contributed by atoms with van der Waals surface area (Å²) < 4.78 is 6.01. The van der Waals surface area contributed by atoms with E-state index in [-0.39, 0.29) is 18.0 Å². The molecule has 46 heavy (non-hydrogen) atoms. The van der Waals surface area contributed by atoms with E-state index in [1.54, 1.807) is 0 Å². The van der Waals surface area contributed by atoms with Crippen LogP contribution in [-0.2, 0) is 19.1 Å². The minimum Gasteiger partial charge on any atom is -0.480 e. The molecule has 7 nitrogen and oxygen atoms in total. The summed E-state index contributed by atoms with van der Waals surface area (Å²) >= 11 is 0. The second-order valence-electron chi connectivity index (χ2n) is 13.7. The molecule has 0 radical (unpaired) electrons. The van der Waals surface area contributed by atoms with Gasteiger partial charge in [0.25, 0.3) is 0 Å². The second-order valence-corrected chi connectivity index (χ2v) is 13.7. The first-order chi connectivity index (χ1) is 22.4. The van der Waals surface area contributed by atoms with Gasteiger partial charge in [-0.25, -0.2) is 4.79 Å². The maximum Gasteiger partial charge on any atom is 0.326 e. The van der Waals surface area contributed by atoms with Gasteiger partial charge in [-0.3, -0.25) is 9.59 Å². The number of esters is 1. The monoisotopic (exact) mass is 653 g/mol. The van der Waals surface area contributed by atoms with Crippen molar-refractivity contribution in [1.82, 2.24) is 5.32 Å². The number of carbonyl (C=O) groups is 3. The molecule has 0 aliphatic carbocycles. The number of nitrogens with one attached hydrogen (secondary N) is 1. The van der Waals surface area contributed by atoms with Gasteiger partial charge in [0, 0.05) is 12.8 Å². The van der Waals surface area contributed by atoms with E-state index in [1.165, 1.54) is 109 Å². The summed E-state index contributed by atoms with van der Waals surface area (Å²) in [6, 6.07) is -0.851. The summed E-state index contributed by atoms with van der Waals surface area (Å²) in [5.41, 5.74) is 5.47. The number of carbonyl (C=O) groups excluding carboxylic acids is 2. The molecule has 7 heteroatoms. The Morgan fingerprint density at radius 2 is 0.935 bits per heavy atom. The standard InChI is InChI=1S/C39H76N2O5/c1-3-5-7-9-11-13-14-16-17-20-24-29-35(46-38(43)33-27-23-18-15-12-10-8-6-4-2)30-25-21-19-22-26-32-37(42)41-36(39(44)45)31-28-34-40/h35-36H,3-34,40H2,1-2H3,(H,41,42)(H,44,45). The van der Waals surface area contributed by atoms with Gasteiger partial charge in [-0.15, -0.1) is 0 Å². The normalized spacial score (nSPS) is 12.6. The molecule has 2 atom stereocenters. The van der Waals surface area contributed by atoms with Crippen molar-refractivity contribution in [2.75, 3.05) is 6.54 Å². The fourth-order valence-electron chi connectivity index (χ4n) is 6.16. The molecule has 2 unspecified atom stereocenters. The molecule has 0 saturated heterocycles. The Balaban J connectivity index is 4.28. The van der Waals surface area contributed by atoms with E-state index in [1.807, 2.05) is 0 Å². The van der Waals surface area contributed by atoms with Crippen molar-refractivity contribution in [3.8, 4) is 0 Å². The fraction of sp³-hybridized carbons (Fsp3) is 0.923. The van der Waals surface area contributed by atoms with E-state index in [0.717, 1.165) is 64.2 Å². The van der Waals surface area contributed by atoms with Crippen molar-refractivity contribution in [2.45, 2.75) is 225 Å². The molecule has 272 valence electrons. The molecule has 0 fully saturated rings. The zero-order valence-electron chi connectivity index (χ0n) is 30.4. The minimum atomic E-state index is -1.00. The number of carboxylic acids is 1. The van der Waals surface area contributed by atoms with Crippen LogP contribution in [-0.4, -0.2) is 41.6 Å². The Morgan fingerprint density at radius 3 is 1.35 bits per heavy atom. The van der Waals surface area contributed by atoms with Crippen LogP contribution in [0.4, 0.5) is 0 Å². The van der Waals surface area contributed by atoms with Crippen molar-refractivity contribution in [3.63, 3.8) is 0 Å². The van der Waals surface area contributed by atoms with E-state index < -0.39 is 12.0 Å². The maximum atomic E-state index is 12.7. The third kappa shape index (κ3) is 31.0. The number of hydrogen-bond acceptors (Lipinski definition) is 5. The zero-order valence-corrected chi connectivity index (χ0v) is 30.4. The lowest BCUT2D eigenvalue weighted by atomic mass is 10.0. The SMILES string of the molecule is CCCCCCCCCCCCCC(CCCCCCCC(=O)NC(CCCN)C(=O)O)OC(=O)CCCCCCCCCCC. The van der Waals surface area contributed by atoms with Crippen molar-refractivity contribution >= 4 is 17.8 Å². The van der Waals surface area contributed by atoms with Crippen LogP contribution < -0.4 is 11.1 Å². The third-order valence-electron chi connectivity index (χ3n) is 9.17. The van der Waals surface area contributed by atoms with E-state index in [9.17, 15) is 19.5 Å². The van der Waals surface area contributed by atoms with Gasteiger partial charge < -0.3 is 20.9 Å². The average molecular weight is 653 g/mol. The first-order valence-electron chi connectivity index (χ1n) is 19.9. The van der Waals surface area contributed by atoms with Crippen LogP contribution in [0.2, 0.25) is 0 Å². The number of hydrogen-bond donors (Lipinski definition) is 3. The van der Waals surface area contributed by atoms with Gasteiger partial charge in [0.15, 0.2) is 0 Å². The highest BCUT2D eigenvalue weighted by Gasteiger charge is 2.19. The maximum absolute atomic E-state index is 12.7. The highest BCUT2D eigenvalue weighted by atomic mass is 16.5. The van der Waals surface area contributed by atoms with E-state index in [2.05, 4.69) is 19.2 Å². The molecule has 0 aromatic heterocycles. The van der Waals surface area contributed by atoms with Crippen molar-refractivity contribution in [1.29, 1.82) is 0 Å². The van der Waals surface area contributed by atoms with Gasteiger partial charge in [-0.2, -0.15) is 0 Å². The molecule has 0 bridgehead atoms. The van der Waals surface area contributed by atoms with E-state index in [4.69, 9.17) is 10.5 Å². The molecule has 0 saturated carbocycles. The summed E-state index contributed by atoms with van der Waals surface area (Å²) in [7, 11) is 0. The average Bonchev–Trinajstić information content (AvgIpc) is 3.03. The summed E-state index contributed by atoms with van der Waals surface area (Å²) in [6.45, 7) is 4.93. The van der Waals surface area contributed by atoms with Crippen LogP contribution in [0.15, 0.2) is 0 Å². The Morgan fingerprint density at radius 1 is 0.543 bits per heavy atom. The van der Waals surface area contributed by atoms with Gasteiger partial charge in [-0.1, -0.05) is 149 Å². The number of aliphatic carboxylic acids is 1. The molecular formula is C39H76N2O5. The van der Waals surface area contributed by atoms with Gasteiger partial charge in [-0.05, 0) is 57.9 Å². The predicted molar refractivity (Wildman–Crippen MR) is 193 cm³/mol. The number of amides is 1. The number of nitrogens with two attached hydrogens (primary N) is 1. The molecule has 0 heterocycles. The smallest absolute Gasteiger partial charge is 0.326 e. The predicted octanol–water partition coefficient (Wildman–Crippen LogP) is 10.6. The fourth-order valence-corrected chi connectivity index (χ4v) is 6.16. The summed E-state index contributed by atoms with van der Waals surface area (Å²) in [5.74, 6) is -1.22. The molecule has 0 aliphatic rings. The van der Waals surface area contributed by atoms with Crippen molar-refractivity contribution < 1.29 is 24.2 Å². The van der Waals surface area contributed by atoms with Crippen LogP contribution >= 0.6 is 0 Å². The van der Waals surface area contributed by atoms with Gasteiger partial charge in [0.2, 0.25) is 5.91 Å². The van der Waals surface area contributed by atoms with E-state index >= 15 is 0 Å². The number of unbranched alkanes of at least 4 members (excludes halogenated alkanes) is 22. The second kappa shape index (κ2) is 34.7. The summed E-state index contributed by atoms with van der Waals surface area (Å²) in [4.78, 5) is 36.2. The topological polar surface area (TPSA) is 119 Å².